The third-order valence-electron chi connectivity index (χ3n) is 5.26. The molecule has 2 amide bonds. The lowest BCUT2D eigenvalue weighted by atomic mass is 10.0. The second-order valence-electron chi connectivity index (χ2n) is 9.03. The SMILES string of the molecule is COC(C)CNC(=O)c1ccc2nn(CC3CN(C(=O)OC(C)(C)C)C3)cc2c1C. The van der Waals surface area contributed by atoms with E-state index in [1.807, 2.05) is 57.6 Å². The van der Waals surface area contributed by atoms with Crippen molar-refractivity contribution in [2.24, 2.45) is 5.92 Å². The van der Waals surface area contributed by atoms with Crippen molar-refractivity contribution in [3.05, 3.63) is 29.5 Å². The van der Waals surface area contributed by atoms with Crippen LogP contribution in [-0.2, 0) is 16.0 Å². The zero-order chi connectivity index (χ0) is 22.1. The molecule has 1 unspecified atom stereocenters. The summed E-state index contributed by atoms with van der Waals surface area (Å²) in [4.78, 5) is 26.3. The molecular formula is C22H32N4O4. The highest BCUT2D eigenvalue weighted by molar-refractivity contribution is 6.00. The van der Waals surface area contributed by atoms with Gasteiger partial charge in [-0.2, -0.15) is 5.10 Å². The molecule has 8 nitrogen and oxygen atoms in total. The van der Waals surface area contributed by atoms with E-state index < -0.39 is 5.60 Å². The average Bonchev–Trinajstić information content (AvgIpc) is 3.04. The first kappa shape index (κ1) is 22.1. The molecule has 3 rings (SSSR count). The molecule has 2 heterocycles. The molecule has 1 aliphatic rings. The Balaban J connectivity index is 1.62. The maximum atomic E-state index is 12.5. The first-order valence-electron chi connectivity index (χ1n) is 10.3. The number of amides is 2. The molecule has 0 radical (unpaired) electrons. The number of hydrogen-bond acceptors (Lipinski definition) is 5. The fraction of sp³-hybridized carbons (Fsp3) is 0.591. The molecule has 164 valence electrons. The summed E-state index contributed by atoms with van der Waals surface area (Å²) in [6.45, 7) is 12.0. The number of nitrogens with zero attached hydrogens (tertiary/aromatic N) is 3. The second-order valence-corrected chi connectivity index (χ2v) is 9.03. The predicted octanol–water partition coefficient (Wildman–Crippen LogP) is 2.98. The van der Waals surface area contributed by atoms with Gasteiger partial charge in [0.05, 0.1) is 11.6 Å². The largest absolute Gasteiger partial charge is 0.444 e. The molecule has 30 heavy (non-hydrogen) atoms. The van der Waals surface area contributed by atoms with Gasteiger partial charge in [-0.25, -0.2) is 4.79 Å². The number of carbonyl (C=O) groups is 2. The number of hydrogen-bond donors (Lipinski definition) is 1. The number of aryl methyl sites for hydroxylation is 1. The van der Waals surface area contributed by atoms with E-state index in [0.717, 1.165) is 23.0 Å². The van der Waals surface area contributed by atoms with E-state index in [4.69, 9.17) is 9.47 Å². The molecule has 2 aromatic rings. The normalized spacial score (nSPS) is 15.7. The van der Waals surface area contributed by atoms with Crippen molar-refractivity contribution >= 4 is 22.9 Å². The molecule has 0 bridgehead atoms. The fourth-order valence-electron chi connectivity index (χ4n) is 3.46. The summed E-state index contributed by atoms with van der Waals surface area (Å²) in [5.41, 5.74) is 1.93. The van der Waals surface area contributed by atoms with Gasteiger partial charge in [-0.3, -0.25) is 9.48 Å². The Morgan fingerprint density at radius 1 is 1.30 bits per heavy atom. The van der Waals surface area contributed by atoms with Crippen molar-refractivity contribution in [1.82, 2.24) is 20.0 Å². The van der Waals surface area contributed by atoms with Crippen molar-refractivity contribution in [1.29, 1.82) is 0 Å². The Kier molecular flexibility index (Phi) is 6.36. The smallest absolute Gasteiger partial charge is 0.410 e. The lowest BCUT2D eigenvalue weighted by Crippen LogP contribution is -2.52. The van der Waals surface area contributed by atoms with Gasteiger partial charge < -0.3 is 19.7 Å². The van der Waals surface area contributed by atoms with Crippen LogP contribution in [0, 0.1) is 12.8 Å². The topological polar surface area (TPSA) is 85.7 Å². The van der Waals surface area contributed by atoms with E-state index in [9.17, 15) is 9.59 Å². The minimum Gasteiger partial charge on any atom is -0.444 e. The molecule has 1 fully saturated rings. The number of benzene rings is 1. The molecule has 0 spiro atoms. The zero-order valence-corrected chi connectivity index (χ0v) is 18.7. The molecule has 1 atom stereocenters. The third kappa shape index (κ3) is 5.11. The van der Waals surface area contributed by atoms with Gasteiger partial charge in [-0.05, 0) is 52.3 Å². The van der Waals surface area contributed by atoms with Crippen LogP contribution in [0.5, 0.6) is 0 Å². The van der Waals surface area contributed by atoms with Crippen LogP contribution < -0.4 is 5.32 Å². The van der Waals surface area contributed by atoms with Crippen LogP contribution in [0.1, 0.15) is 43.6 Å². The van der Waals surface area contributed by atoms with E-state index in [2.05, 4.69) is 10.4 Å². The van der Waals surface area contributed by atoms with Gasteiger partial charge in [0, 0.05) is 56.4 Å². The van der Waals surface area contributed by atoms with E-state index in [-0.39, 0.29) is 18.1 Å². The highest BCUT2D eigenvalue weighted by Crippen LogP contribution is 2.24. The quantitative estimate of drug-likeness (QED) is 0.782. The number of nitrogens with one attached hydrogen (secondary N) is 1. The zero-order valence-electron chi connectivity index (χ0n) is 18.7. The third-order valence-corrected chi connectivity index (χ3v) is 5.26. The molecule has 0 saturated carbocycles. The van der Waals surface area contributed by atoms with Crippen molar-refractivity contribution in [2.45, 2.75) is 52.9 Å². The molecule has 1 saturated heterocycles. The standard InChI is InChI=1S/C22H32N4O4/c1-14(29-6)9-23-20(27)17-7-8-19-18(15(17)2)13-26(24-19)12-16-10-25(11-16)21(28)30-22(3,4)5/h7-8,13-14,16H,9-12H2,1-6H3,(H,23,27). The van der Waals surface area contributed by atoms with E-state index in [1.54, 1.807) is 12.0 Å². The Bertz CT molecular complexity index is 925. The van der Waals surface area contributed by atoms with Crippen molar-refractivity contribution in [3.63, 3.8) is 0 Å². The summed E-state index contributed by atoms with van der Waals surface area (Å²) in [5.74, 6) is 0.225. The lowest BCUT2D eigenvalue weighted by Gasteiger charge is -2.39. The summed E-state index contributed by atoms with van der Waals surface area (Å²) < 4.78 is 12.5. The summed E-state index contributed by atoms with van der Waals surface area (Å²) >= 11 is 0. The maximum absolute atomic E-state index is 12.5. The van der Waals surface area contributed by atoms with Crippen LogP contribution in [0.4, 0.5) is 4.79 Å². The summed E-state index contributed by atoms with van der Waals surface area (Å²) in [6.07, 6.45) is 1.68. The average molecular weight is 417 g/mol. The minimum atomic E-state index is -0.481. The van der Waals surface area contributed by atoms with Gasteiger partial charge in [0.2, 0.25) is 0 Å². The van der Waals surface area contributed by atoms with E-state index >= 15 is 0 Å². The molecule has 1 N–H and O–H groups in total. The Morgan fingerprint density at radius 2 is 2.00 bits per heavy atom. The van der Waals surface area contributed by atoms with Gasteiger partial charge in [0.1, 0.15) is 5.60 Å². The number of likely N-dealkylation sites (tertiary alicyclic amines) is 1. The highest BCUT2D eigenvalue weighted by atomic mass is 16.6. The second kappa shape index (κ2) is 8.63. The van der Waals surface area contributed by atoms with E-state index in [0.29, 0.717) is 31.1 Å². The number of rotatable bonds is 6. The maximum Gasteiger partial charge on any atom is 0.410 e. The van der Waals surface area contributed by atoms with Crippen LogP contribution in [-0.4, -0.2) is 65.1 Å². The van der Waals surface area contributed by atoms with Crippen LogP contribution in [0.15, 0.2) is 18.3 Å². The first-order valence-corrected chi connectivity index (χ1v) is 10.3. The number of carbonyl (C=O) groups excluding carboxylic acids is 2. The van der Waals surface area contributed by atoms with E-state index in [1.165, 1.54) is 0 Å². The molecule has 1 aromatic heterocycles. The number of methoxy groups -OCH3 is 1. The summed E-state index contributed by atoms with van der Waals surface area (Å²) in [5, 5.41) is 8.51. The highest BCUT2D eigenvalue weighted by Gasteiger charge is 2.34. The van der Waals surface area contributed by atoms with Crippen LogP contribution >= 0.6 is 0 Å². The molecule has 1 aromatic carbocycles. The molecule has 8 heteroatoms. The summed E-state index contributed by atoms with van der Waals surface area (Å²) in [7, 11) is 1.62. The number of fused-ring (bicyclic) bond motifs is 1. The first-order chi connectivity index (χ1) is 14.1. The van der Waals surface area contributed by atoms with Crippen molar-refractivity contribution in [2.75, 3.05) is 26.7 Å². The van der Waals surface area contributed by atoms with Gasteiger partial charge in [-0.15, -0.1) is 0 Å². The Hall–Kier alpha value is -2.61. The minimum absolute atomic E-state index is 0.0385. The van der Waals surface area contributed by atoms with Gasteiger partial charge in [0.15, 0.2) is 0 Å². The Labute approximate surface area is 177 Å². The lowest BCUT2D eigenvalue weighted by molar-refractivity contribution is -0.00381. The monoisotopic (exact) mass is 416 g/mol. The molecule has 0 aliphatic carbocycles. The van der Waals surface area contributed by atoms with Gasteiger partial charge in [-0.1, -0.05) is 0 Å². The van der Waals surface area contributed by atoms with Crippen molar-refractivity contribution in [3.8, 4) is 0 Å². The predicted molar refractivity (Wildman–Crippen MR) is 115 cm³/mol. The van der Waals surface area contributed by atoms with Gasteiger partial charge in [0.25, 0.3) is 5.91 Å². The van der Waals surface area contributed by atoms with Crippen LogP contribution in [0.25, 0.3) is 10.9 Å². The number of aromatic nitrogens is 2. The number of ether oxygens (including phenoxy) is 2. The summed E-state index contributed by atoms with van der Waals surface area (Å²) in [6, 6.07) is 3.69. The molecular weight excluding hydrogens is 384 g/mol. The van der Waals surface area contributed by atoms with Crippen LogP contribution in [0.2, 0.25) is 0 Å². The van der Waals surface area contributed by atoms with Gasteiger partial charge >= 0.3 is 6.09 Å². The Morgan fingerprint density at radius 3 is 2.63 bits per heavy atom. The fourth-order valence-corrected chi connectivity index (χ4v) is 3.46. The van der Waals surface area contributed by atoms with Crippen molar-refractivity contribution < 1.29 is 19.1 Å². The van der Waals surface area contributed by atoms with Crippen LogP contribution in [0.3, 0.4) is 0 Å². The molecule has 1 aliphatic heterocycles.